The first-order valence-corrected chi connectivity index (χ1v) is 5.58. The van der Waals surface area contributed by atoms with Gasteiger partial charge in [-0.05, 0) is 23.8 Å². The molecule has 0 fully saturated rings. The van der Waals surface area contributed by atoms with Crippen molar-refractivity contribution in [2.24, 2.45) is 10.8 Å². The van der Waals surface area contributed by atoms with Gasteiger partial charge < -0.3 is 5.11 Å². The van der Waals surface area contributed by atoms with Gasteiger partial charge in [0.15, 0.2) is 0 Å². The standard InChI is InChI=1S/C14H24O2/c1-10(14(5,6)7)8-11(12(15)16)9-13(2,3)4/h8-9H,1-7H3,(H,15,16)/b10-8-,11-9+. The van der Waals surface area contributed by atoms with E-state index in [9.17, 15) is 4.79 Å². The van der Waals surface area contributed by atoms with Crippen LogP contribution >= 0.6 is 0 Å². The number of hydrogen-bond donors (Lipinski definition) is 1. The zero-order chi connectivity index (χ0) is 13.1. The second kappa shape index (κ2) is 4.86. The summed E-state index contributed by atoms with van der Waals surface area (Å²) in [7, 11) is 0. The Hall–Kier alpha value is -1.05. The highest BCUT2D eigenvalue weighted by molar-refractivity contribution is 5.90. The molecule has 92 valence electrons. The molecule has 0 aromatic rings. The lowest BCUT2D eigenvalue weighted by Gasteiger charge is -2.20. The van der Waals surface area contributed by atoms with Crippen LogP contribution in [0.2, 0.25) is 0 Å². The summed E-state index contributed by atoms with van der Waals surface area (Å²) >= 11 is 0. The lowest BCUT2D eigenvalue weighted by molar-refractivity contribution is -0.132. The summed E-state index contributed by atoms with van der Waals surface area (Å²) in [6, 6.07) is 0. The van der Waals surface area contributed by atoms with Gasteiger partial charge >= 0.3 is 5.97 Å². The van der Waals surface area contributed by atoms with E-state index in [1.54, 1.807) is 12.2 Å². The molecular weight excluding hydrogens is 200 g/mol. The predicted molar refractivity (Wildman–Crippen MR) is 68.4 cm³/mol. The molecule has 0 amide bonds. The highest BCUT2D eigenvalue weighted by Crippen LogP contribution is 2.27. The number of hydrogen-bond acceptors (Lipinski definition) is 1. The first-order valence-electron chi connectivity index (χ1n) is 5.58. The maximum atomic E-state index is 11.1. The molecule has 0 atom stereocenters. The Morgan fingerprint density at radius 1 is 1.06 bits per heavy atom. The third kappa shape index (κ3) is 5.74. The molecule has 0 radical (unpaired) electrons. The first kappa shape index (κ1) is 14.9. The lowest BCUT2D eigenvalue weighted by Crippen LogP contribution is -2.10. The van der Waals surface area contributed by atoms with Gasteiger partial charge in [-0.3, -0.25) is 0 Å². The fraction of sp³-hybridized carbons (Fsp3) is 0.643. The second-order valence-electron chi connectivity index (χ2n) is 6.35. The predicted octanol–water partition coefficient (Wildman–Crippen LogP) is 4.04. The fourth-order valence-electron chi connectivity index (χ4n) is 1.08. The van der Waals surface area contributed by atoms with Gasteiger partial charge in [0.1, 0.15) is 0 Å². The van der Waals surface area contributed by atoms with Crippen molar-refractivity contribution >= 4 is 5.97 Å². The molecular formula is C14H24O2. The van der Waals surface area contributed by atoms with Gasteiger partial charge in [-0.15, -0.1) is 0 Å². The molecule has 0 aliphatic carbocycles. The molecule has 2 nitrogen and oxygen atoms in total. The highest BCUT2D eigenvalue weighted by atomic mass is 16.4. The van der Waals surface area contributed by atoms with Crippen molar-refractivity contribution in [3.8, 4) is 0 Å². The normalized spacial score (nSPS) is 15.2. The number of carbonyl (C=O) groups is 1. The largest absolute Gasteiger partial charge is 0.478 e. The van der Waals surface area contributed by atoms with Crippen LogP contribution in [0.3, 0.4) is 0 Å². The summed E-state index contributed by atoms with van der Waals surface area (Å²) in [6.07, 6.45) is 3.57. The molecule has 0 saturated carbocycles. The minimum atomic E-state index is -0.862. The Morgan fingerprint density at radius 3 is 1.75 bits per heavy atom. The van der Waals surface area contributed by atoms with Crippen LogP contribution in [-0.4, -0.2) is 11.1 Å². The Kier molecular flexibility index (Phi) is 4.54. The average Bonchev–Trinajstić information content (AvgIpc) is 1.98. The summed E-state index contributed by atoms with van der Waals surface area (Å²) < 4.78 is 0. The van der Waals surface area contributed by atoms with Crippen molar-refractivity contribution in [2.75, 3.05) is 0 Å². The average molecular weight is 224 g/mol. The number of carboxylic acid groups (broad SMARTS) is 1. The van der Waals surface area contributed by atoms with E-state index in [2.05, 4.69) is 20.8 Å². The van der Waals surface area contributed by atoms with Gasteiger partial charge in [0.25, 0.3) is 0 Å². The summed E-state index contributed by atoms with van der Waals surface area (Å²) in [5, 5.41) is 9.14. The van der Waals surface area contributed by atoms with Crippen LogP contribution in [-0.2, 0) is 4.79 Å². The van der Waals surface area contributed by atoms with Gasteiger partial charge in [0.2, 0.25) is 0 Å². The molecule has 2 heteroatoms. The van der Waals surface area contributed by atoms with Crippen LogP contribution in [0.4, 0.5) is 0 Å². The minimum Gasteiger partial charge on any atom is -0.478 e. The van der Waals surface area contributed by atoms with Gasteiger partial charge in [-0.25, -0.2) is 4.79 Å². The molecule has 16 heavy (non-hydrogen) atoms. The van der Waals surface area contributed by atoms with Crippen LogP contribution in [0.1, 0.15) is 48.5 Å². The Balaban J connectivity index is 5.30. The van der Waals surface area contributed by atoms with Crippen molar-refractivity contribution in [3.05, 3.63) is 23.3 Å². The van der Waals surface area contributed by atoms with E-state index in [1.807, 2.05) is 27.7 Å². The number of rotatable bonds is 2. The minimum absolute atomic E-state index is 0.00637. The topological polar surface area (TPSA) is 37.3 Å². The van der Waals surface area contributed by atoms with E-state index in [0.29, 0.717) is 5.57 Å². The van der Waals surface area contributed by atoms with E-state index in [-0.39, 0.29) is 10.8 Å². The van der Waals surface area contributed by atoms with E-state index in [1.165, 1.54) is 0 Å². The summed E-state index contributed by atoms with van der Waals surface area (Å²) in [5.74, 6) is -0.862. The van der Waals surface area contributed by atoms with Crippen molar-refractivity contribution in [2.45, 2.75) is 48.5 Å². The van der Waals surface area contributed by atoms with Gasteiger partial charge in [-0.1, -0.05) is 53.2 Å². The van der Waals surface area contributed by atoms with Crippen molar-refractivity contribution in [3.63, 3.8) is 0 Å². The van der Waals surface area contributed by atoms with Gasteiger partial charge in [-0.2, -0.15) is 0 Å². The molecule has 0 aliphatic heterocycles. The van der Waals surface area contributed by atoms with Crippen molar-refractivity contribution in [1.29, 1.82) is 0 Å². The maximum absolute atomic E-state index is 11.1. The Morgan fingerprint density at radius 2 is 1.50 bits per heavy atom. The van der Waals surface area contributed by atoms with Gasteiger partial charge in [0.05, 0.1) is 5.57 Å². The zero-order valence-corrected chi connectivity index (χ0v) is 11.5. The molecule has 0 saturated heterocycles. The quantitative estimate of drug-likeness (QED) is 0.568. The monoisotopic (exact) mass is 224 g/mol. The zero-order valence-electron chi connectivity index (χ0n) is 11.5. The maximum Gasteiger partial charge on any atom is 0.335 e. The molecule has 0 unspecified atom stereocenters. The summed E-state index contributed by atoms with van der Waals surface area (Å²) in [5.41, 5.74) is 1.33. The SMILES string of the molecule is C/C(=C/C(=C\C(C)(C)C)C(=O)O)C(C)(C)C. The van der Waals surface area contributed by atoms with Crippen molar-refractivity contribution < 1.29 is 9.90 Å². The first-order chi connectivity index (χ1) is 6.93. The van der Waals surface area contributed by atoms with Gasteiger partial charge in [0, 0.05) is 0 Å². The Bertz CT molecular complexity index is 320. The highest BCUT2D eigenvalue weighted by Gasteiger charge is 2.16. The van der Waals surface area contributed by atoms with E-state index in [0.717, 1.165) is 5.57 Å². The van der Waals surface area contributed by atoms with E-state index < -0.39 is 5.97 Å². The van der Waals surface area contributed by atoms with E-state index >= 15 is 0 Å². The van der Waals surface area contributed by atoms with Crippen LogP contribution in [0.15, 0.2) is 23.3 Å². The van der Waals surface area contributed by atoms with Crippen LogP contribution in [0, 0.1) is 10.8 Å². The number of aliphatic carboxylic acids is 1. The second-order valence-corrected chi connectivity index (χ2v) is 6.35. The lowest BCUT2D eigenvalue weighted by atomic mass is 9.85. The fourth-order valence-corrected chi connectivity index (χ4v) is 1.08. The van der Waals surface area contributed by atoms with Crippen LogP contribution < -0.4 is 0 Å². The molecule has 0 aromatic heterocycles. The summed E-state index contributed by atoms with van der Waals surface area (Å²) in [6.45, 7) is 14.2. The molecule has 0 heterocycles. The van der Waals surface area contributed by atoms with E-state index in [4.69, 9.17) is 5.11 Å². The smallest absolute Gasteiger partial charge is 0.335 e. The summed E-state index contributed by atoms with van der Waals surface area (Å²) in [4.78, 5) is 11.1. The number of carboxylic acids is 1. The molecule has 0 bridgehead atoms. The van der Waals surface area contributed by atoms with Crippen LogP contribution in [0.25, 0.3) is 0 Å². The van der Waals surface area contributed by atoms with Crippen molar-refractivity contribution in [1.82, 2.24) is 0 Å². The molecule has 0 aromatic carbocycles. The Labute approximate surface area is 99.1 Å². The third-order valence-electron chi connectivity index (χ3n) is 2.39. The molecule has 0 rings (SSSR count). The molecule has 0 aliphatic rings. The third-order valence-corrected chi connectivity index (χ3v) is 2.39. The molecule has 1 N–H and O–H groups in total. The van der Waals surface area contributed by atoms with Crippen LogP contribution in [0.5, 0.6) is 0 Å². The molecule has 0 spiro atoms. The number of allylic oxidation sites excluding steroid dienone is 2.